The van der Waals surface area contributed by atoms with Gasteiger partial charge in [-0.05, 0) is 51.4 Å². The van der Waals surface area contributed by atoms with Gasteiger partial charge in [0.05, 0.1) is 13.2 Å². The van der Waals surface area contributed by atoms with Crippen LogP contribution in [0.2, 0.25) is 0 Å². The van der Waals surface area contributed by atoms with Crippen molar-refractivity contribution in [3.05, 3.63) is 36.5 Å². The predicted molar refractivity (Wildman–Crippen MR) is 206 cm³/mol. The minimum Gasteiger partial charge on any atom is -0.462 e. The van der Waals surface area contributed by atoms with Gasteiger partial charge in [0.2, 0.25) is 0 Å². The van der Waals surface area contributed by atoms with Crippen molar-refractivity contribution in [2.24, 2.45) is 5.73 Å². The van der Waals surface area contributed by atoms with E-state index in [4.69, 9.17) is 24.3 Å². The number of carbonyl (C=O) groups excluding carboxylic acids is 2. The summed E-state index contributed by atoms with van der Waals surface area (Å²) in [5, 5.41) is 0. The summed E-state index contributed by atoms with van der Waals surface area (Å²) >= 11 is 0. The average molecular weight is 728 g/mol. The van der Waals surface area contributed by atoms with E-state index in [-0.39, 0.29) is 32.6 Å². The number of phosphoric acid groups is 1. The topological polar surface area (TPSA) is 134 Å². The van der Waals surface area contributed by atoms with Gasteiger partial charge in [0, 0.05) is 19.4 Å². The summed E-state index contributed by atoms with van der Waals surface area (Å²) in [5.41, 5.74) is 5.33. The van der Waals surface area contributed by atoms with Crippen LogP contribution in [0.15, 0.2) is 36.5 Å². The summed E-state index contributed by atoms with van der Waals surface area (Å²) in [6.07, 6.45) is 38.8. The molecule has 0 aromatic carbocycles. The smallest absolute Gasteiger partial charge is 0.462 e. The SMILES string of the molecule is CCCCC/C=C/C/C=C/C/C=C/CCCCCCC(=O)OC[C@@H](COP(=O)(O)OCCN)OC(=O)CCCCCCCCCCCCCC. The molecule has 3 N–H and O–H groups in total. The maximum atomic E-state index is 12.5. The Labute approximate surface area is 305 Å². The third-order valence-electron chi connectivity index (χ3n) is 8.28. The fourth-order valence-electron chi connectivity index (χ4n) is 5.29. The van der Waals surface area contributed by atoms with E-state index in [1.54, 1.807) is 0 Å². The number of esters is 2. The van der Waals surface area contributed by atoms with Crippen molar-refractivity contribution in [1.82, 2.24) is 0 Å². The highest BCUT2D eigenvalue weighted by Gasteiger charge is 2.25. The number of ether oxygens (including phenoxy) is 2. The fraction of sp³-hybridized carbons (Fsp3) is 0.800. The Kier molecular flexibility index (Phi) is 35.7. The van der Waals surface area contributed by atoms with Crippen LogP contribution in [0, 0.1) is 0 Å². The normalized spacial score (nSPS) is 13.8. The van der Waals surface area contributed by atoms with Crippen LogP contribution >= 0.6 is 7.82 Å². The van der Waals surface area contributed by atoms with Gasteiger partial charge in [-0.1, -0.05) is 147 Å². The number of nitrogens with two attached hydrogens (primary N) is 1. The molecular weight excluding hydrogens is 653 g/mol. The van der Waals surface area contributed by atoms with Gasteiger partial charge in [0.25, 0.3) is 0 Å². The van der Waals surface area contributed by atoms with Gasteiger partial charge < -0.3 is 20.1 Å². The van der Waals surface area contributed by atoms with E-state index >= 15 is 0 Å². The summed E-state index contributed by atoms with van der Waals surface area (Å²) in [5.74, 6) is -0.853. The molecule has 0 amide bonds. The lowest BCUT2D eigenvalue weighted by Gasteiger charge is -2.19. The van der Waals surface area contributed by atoms with Crippen LogP contribution in [0.4, 0.5) is 0 Å². The minimum atomic E-state index is -4.37. The highest BCUT2D eigenvalue weighted by Crippen LogP contribution is 2.43. The van der Waals surface area contributed by atoms with Gasteiger partial charge in [0.15, 0.2) is 6.10 Å². The Morgan fingerprint density at radius 2 is 1.04 bits per heavy atom. The Balaban J connectivity index is 4.23. The Bertz CT molecular complexity index is 923. The molecule has 0 heterocycles. The molecule has 0 saturated heterocycles. The van der Waals surface area contributed by atoms with Crippen molar-refractivity contribution in [2.75, 3.05) is 26.4 Å². The van der Waals surface area contributed by atoms with Gasteiger partial charge in [-0.15, -0.1) is 0 Å². The Morgan fingerprint density at radius 1 is 0.600 bits per heavy atom. The molecule has 0 radical (unpaired) electrons. The van der Waals surface area contributed by atoms with E-state index in [1.165, 1.54) is 77.0 Å². The third-order valence-corrected chi connectivity index (χ3v) is 9.26. The van der Waals surface area contributed by atoms with Crippen molar-refractivity contribution >= 4 is 19.8 Å². The quantitative estimate of drug-likeness (QED) is 0.0277. The van der Waals surface area contributed by atoms with E-state index in [0.717, 1.165) is 57.8 Å². The zero-order valence-corrected chi connectivity index (χ0v) is 32.8. The zero-order valence-electron chi connectivity index (χ0n) is 31.9. The summed E-state index contributed by atoms with van der Waals surface area (Å²) in [4.78, 5) is 34.7. The van der Waals surface area contributed by atoms with E-state index in [1.807, 2.05) is 0 Å². The molecule has 0 saturated carbocycles. The van der Waals surface area contributed by atoms with Gasteiger partial charge in [0.1, 0.15) is 6.61 Å². The zero-order chi connectivity index (χ0) is 36.8. The second-order valence-electron chi connectivity index (χ2n) is 13.2. The first kappa shape index (κ1) is 48.2. The molecule has 50 heavy (non-hydrogen) atoms. The number of rotatable bonds is 37. The number of allylic oxidation sites excluding steroid dienone is 6. The van der Waals surface area contributed by atoms with Crippen LogP contribution in [0.5, 0.6) is 0 Å². The van der Waals surface area contributed by atoms with Crippen LogP contribution in [0.25, 0.3) is 0 Å². The minimum absolute atomic E-state index is 0.0505. The van der Waals surface area contributed by atoms with Gasteiger partial charge in [-0.3, -0.25) is 18.6 Å². The standard InChI is InChI=1S/C40H74NO8P/c1-3-5-7-9-11-13-15-17-18-19-20-21-23-24-26-28-30-32-39(42)46-36-38(37-48-50(44,45)47-35-34-41)49-40(43)33-31-29-27-25-22-16-14-12-10-8-6-4-2/h11,13,17-18,20-21,38H,3-10,12,14-16,19,22-37,41H2,1-2H3,(H,44,45)/b13-11+,18-17+,21-20+/t38-/m0/s1. The first-order chi connectivity index (χ1) is 24.3. The van der Waals surface area contributed by atoms with Crippen molar-refractivity contribution < 1.29 is 37.6 Å². The third kappa shape index (κ3) is 36.0. The summed E-state index contributed by atoms with van der Waals surface area (Å²) in [6, 6.07) is 0. The second kappa shape index (κ2) is 37.0. The summed E-state index contributed by atoms with van der Waals surface area (Å²) in [7, 11) is -4.37. The first-order valence-corrected chi connectivity index (χ1v) is 21.5. The number of unbranched alkanes of at least 4 members (excludes halogenated alkanes) is 18. The molecule has 0 aliphatic rings. The largest absolute Gasteiger partial charge is 0.472 e. The van der Waals surface area contributed by atoms with Gasteiger partial charge >= 0.3 is 19.8 Å². The maximum Gasteiger partial charge on any atom is 0.472 e. The summed E-state index contributed by atoms with van der Waals surface area (Å²) in [6.45, 7) is 3.67. The van der Waals surface area contributed by atoms with Crippen molar-refractivity contribution in [1.29, 1.82) is 0 Å². The lowest BCUT2D eigenvalue weighted by molar-refractivity contribution is -0.161. The lowest BCUT2D eigenvalue weighted by Crippen LogP contribution is -2.29. The van der Waals surface area contributed by atoms with Gasteiger partial charge in [-0.2, -0.15) is 0 Å². The summed E-state index contributed by atoms with van der Waals surface area (Å²) < 4.78 is 32.7. The second-order valence-corrected chi connectivity index (χ2v) is 14.6. The number of carbonyl (C=O) groups is 2. The number of hydrogen-bond acceptors (Lipinski definition) is 8. The predicted octanol–water partition coefficient (Wildman–Crippen LogP) is 11.0. The lowest BCUT2D eigenvalue weighted by atomic mass is 10.0. The Hall–Kier alpha value is -1.77. The van der Waals surface area contributed by atoms with Crippen LogP contribution in [0.3, 0.4) is 0 Å². The number of hydrogen-bond donors (Lipinski definition) is 2. The molecule has 292 valence electrons. The van der Waals surface area contributed by atoms with E-state index in [2.05, 4.69) is 50.3 Å². The molecular formula is C40H74NO8P. The molecule has 2 atom stereocenters. The molecule has 1 unspecified atom stereocenters. The molecule has 0 bridgehead atoms. The van der Waals surface area contributed by atoms with E-state index < -0.39 is 32.5 Å². The first-order valence-electron chi connectivity index (χ1n) is 20.0. The molecule has 0 aromatic rings. The van der Waals surface area contributed by atoms with Crippen LogP contribution < -0.4 is 5.73 Å². The Morgan fingerprint density at radius 3 is 1.58 bits per heavy atom. The average Bonchev–Trinajstić information content (AvgIpc) is 3.10. The molecule has 0 rings (SSSR count). The monoisotopic (exact) mass is 728 g/mol. The highest BCUT2D eigenvalue weighted by molar-refractivity contribution is 7.47. The fourth-order valence-corrected chi connectivity index (χ4v) is 6.05. The van der Waals surface area contributed by atoms with E-state index in [9.17, 15) is 19.0 Å². The molecule has 0 fully saturated rings. The highest BCUT2D eigenvalue weighted by atomic mass is 31.2. The maximum absolute atomic E-state index is 12.5. The van der Waals surface area contributed by atoms with Crippen molar-refractivity contribution in [3.63, 3.8) is 0 Å². The van der Waals surface area contributed by atoms with Crippen molar-refractivity contribution in [2.45, 2.75) is 180 Å². The molecule has 0 aliphatic heterocycles. The van der Waals surface area contributed by atoms with Gasteiger partial charge in [-0.25, -0.2) is 4.57 Å². The van der Waals surface area contributed by atoms with Crippen LogP contribution in [-0.2, 0) is 32.7 Å². The molecule has 0 aromatic heterocycles. The van der Waals surface area contributed by atoms with Crippen LogP contribution in [-0.4, -0.2) is 49.3 Å². The van der Waals surface area contributed by atoms with E-state index in [0.29, 0.717) is 12.8 Å². The molecule has 0 spiro atoms. The molecule has 9 nitrogen and oxygen atoms in total. The molecule has 0 aliphatic carbocycles. The van der Waals surface area contributed by atoms with Crippen molar-refractivity contribution in [3.8, 4) is 0 Å². The molecule has 10 heteroatoms. The number of phosphoric ester groups is 1. The van der Waals surface area contributed by atoms with Crippen LogP contribution in [0.1, 0.15) is 174 Å².